The molecule has 2 heterocycles. The fourth-order valence-electron chi connectivity index (χ4n) is 1.09. The van der Waals surface area contributed by atoms with Gasteiger partial charge in [-0.15, -0.1) is 11.8 Å². The van der Waals surface area contributed by atoms with Crippen LogP contribution in [0.4, 0.5) is 5.69 Å². The molecule has 0 aliphatic carbocycles. The van der Waals surface area contributed by atoms with Crippen molar-refractivity contribution in [2.75, 3.05) is 5.73 Å². The highest BCUT2D eigenvalue weighted by Crippen LogP contribution is 2.26. The van der Waals surface area contributed by atoms with Crippen LogP contribution in [-0.4, -0.2) is 15.0 Å². The lowest BCUT2D eigenvalue weighted by molar-refractivity contribution is 1.10. The Hall–Kier alpha value is -1.33. The third-order valence-electron chi connectivity index (χ3n) is 1.86. The van der Waals surface area contributed by atoms with E-state index in [1.165, 1.54) is 6.20 Å². The van der Waals surface area contributed by atoms with Crippen LogP contribution >= 0.6 is 23.4 Å². The number of anilines is 1. The predicted molar refractivity (Wildman–Crippen MR) is 65.3 cm³/mol. The van der Waals surface area contributed by atoms with Crippen LogP contribution in [0.3, 0.4) is 0 Å². The summed E-state index contributed by atoms with van der Waals surface area (Å²) in [4.78, 5) is 13.0. The first kappa shape index (κ1) is 11.2. The lowest BCUT2D eigenvalue weighted by Gasteiger charge is -2.03. The maximum absolute atomic E-state index is 5.77. The predicted octanol–water partition coefficient (Wildman–Crippen LogP) is 2.40. The first-order chi connectivity index (χ1) is 7.75. The molecular formula is C10H9ClN4S. The molecule has 0 amide bonds. The maximum atomic E-state index is 5.77. The number of thioether (sulfide) groups is 1. The molecule has 2 aromatic heterocycles. The van der Waals surface area contributed by atoms with Gasteiger partial charge in [-0.2, -0.15) is 0 Å². The second kappa shape index (κ2) is 5.14. The van der Waals surface area contributed by atoms with E-state index in [4.69, 9.17) is 17.3 Å². The van der Waals surface area contributed by atoms with Crippen molar-refractivity contribution < 1.29 is 0 Å². The Morgan fingerprint density at radius 2 is 2.12 bits per heavy atom. The van der Waals surface area contributed by atoms with E-state index in [0.29, 0.717) is 16.6 Å². The van der Waals surface area contributed by atoms with Gasteiger partial charge >= 0.3 is 0 Å². The number of rotatable bonds is 3. The first-order valence-corrected chi connectivity index (χ1v) is 5.91. The summed E-state index contributed by atoms with van der Waals surface area (Å²) < 4.78 is 0. The minimum atomic E-state index is 0.400. The number of nitrogens with two attached hydrogens (primary N) is 1. The summed E-state index contributed by atoms with van der Waals surface area (Å²) in [5.74, 6) is 0.707. The van der Waals surface area contributed by atoms with E-state index in [1.54, 1.807) is 30.4 Å². The largest absolute Gasteiger partial charge is 0.397 e. The minimum Gasteiger partial charge on any atom is -0.397 e. The zero-order chi connectivity index (χ0) is 11.4. The molecule has 0 aliphatic rings. The summed E-state index contributed by atoms with van der Waals surface area (Å²) in [5, 5.41) is 0.400. The molecule has 0 spiro atoms. The van der Waals surface area contributed by atoms with Gasteiger partial charge in [0.2, 0.25) is 0 Å². The standard InChI is InChI=1S/C10H9ClN4S/c11-10-5-14-7(3-15-10)6-16-9-1-2-13-4-8(9)12/h1-5H,6,12H2. The quantitative estimate of drug-likeness (QED) is 0.850. The van der Waals surface area contributed by atoms with Crippen LogP contribution in [0, 0.1) is 0 Å². The topological polar surface area (TPSA) is 64.7 Å². The molecule has 16 heavy (non-hydrogen) atoms. The van der Waals surface area contributed by atoms with Crippen molar-refractivity contribution in [1.82, 2.24) is 15.0 Å². The van der Waals surface area contributed by atoms with E-state index >= 15 is 0 Å². The van der Waals surface area contributed by atoms with Gasteiger partial charge in [0.15, 0.2) is 0 Å². The Balaban J connectivity index is 2.02. The first-order valence-electron chi connectivity index (χ1n) is 4.54. The fraction of sp³-hybridized carbons (Fsp3) is 0.100. The summed E-state index contributed by atoms with van der Waals surface area (Å²) >= 11 is 7.24. The number of hydrogen-bond acceptors (Lipinski definition) is 5. The van der Waals surface area contributed by atoms with Gasteiger partial charge in [-0.25, -0.2) is 4.98 Å². The Labute approximate surface area is 102 Å². The van der Waals surface area contributed by atoms with Gasteiger partial charge < -0.3 is 5.73 Å². The van der Waals surface area contributed by atoms with Gasteiger partial charge in [-0.05, 0) is 6.07 Å². The molecule has 0 radical (unpaired) electrons. The number of nitrogens with zero attached hydrogens (tertiary/aromatic N) is 3. The molecule has 0 bridgehead atoms. The van der Waals surface area contributed by atoms with Crippen molar-refractivity contribution in [3.05, 3.63) is 41.7 Å². The van der Waals surface area contributed by atoms with Crippen LogP contribution in [0.5, 0.6) is 0 Å². The van der Waals surface area contributed by atoms with Gasteiger partial charge in [0.1, 0.15) is 5.15 Å². The van der Waals surface area contributed by atoms with Gasteiger partial charge in [0.25, 0.3) is 0 Å². The highest BCUT2D eigenvalue weighted by atomic mass is 35.5. The lowest BCUT2D eigenvalue weighted by atomic mass is 10.4. The molecule has 0 saturated heterocycles. The summed E-state index contributed by atoms with van der Waals surface area (Å²) in [6, 6.07) is 1.88. The SMILES string of the molecule is Nc1cnccc1SCc1cnc(Cl)cn1. The van der Waals surface area contributed by atoms with E-state index in [1.807, 2.05) is 6.07 Å². The van der Waals surface area contributed by atoms with Gasteiger partial charge in [-0.1, -0.05) is 11.6 Å². The second-order valence-electron chi connectivity index (χ2n) is 3.03. The van der Waals surface area contributed by atoms with Crippen molar-refractivity contribution in [3.8, 4) is 0 Å². The Bertz CT molecular complexity index is 475. The summed E-state index contributed by atoms with van der Waals surface area (Å²) in [6.07, 6.45) is 6.54. The lowest BCUT2D eigenvalue weighted by Crippen LogP contribution is -1.92. The zero-order valence-corrected chi connectivity index (χ0v) is 9.87. The summed E-state index contributed by atoms with van der Waals surface area (Å²) in [7, 11) is 0. The van der Waals surface area contributed by atoms with Crippen molar-refractivity contribution in [2.24, 2.45) is 0 Å². The molecule has 82 valence electrons. The Morgan fingerprint density at radius 1 is 1.25 bits per heavy atom. The molecule has 0 saturated carbocycles. The number of aromatic nitrogens is 3. The van der Waals surface area contributed by atoms with Gasteiger partial charge in [-0.3, -0.25) is 9.97 Å². The van der Waals surface area contributed by atoms with Crippen molar-refractivity contribution >= 4 is 29.1 Å². The molecule has 0 aromatic carbocycles. The molecule has 6 heteroatoms. The molecule has 0 unspecified atom stereocenters. The molecule has 0 aliphatic heterocycles. The zero-order valence-electron chi connectivity index (χ0n) is 8.30. The van der Waals surface area contributed by atoms with Crippen LogP contribution in [0.15, 0.2) is 35.7 Å². The minimum absolute atomic E-state index is 0.400. The molecule has 4 nitrogen and oxygen atoms in total. The average molecular weight is 253 g/mol. The van der Waals surface area contributed by atoms with E-state index in [2.05, 4.69) is 15.0 Å². The third kappa shape index (κ3) is 2.84. The van der Waals surface area contributed by atoms with Crippen molar-refractivity contribution in [3.63, 3.8) is 0 Å². The number of pyridine rings is 1. The summed E-state index contributed by atoms with van der Waals surface area (Å²) in [6.45, 7) is 0. The highest BCUT2D eigenvalue weighted by Gasteiger charge is 2.01. The normalized spacial score (nSPS) is 10.3. The smallest absolute Gasteiger partial charge is 0.147 e. The van der Waals surface area contributed by atoms with Crippen molar-refractivity contribution in [2.45, 2.75) is 10.6 Å². The Kier molecular flexibility index (Phi) is 3.58. The van der Waals surface area contributed by atoms with Crippen LogP contribution in [0.2, 0.25) is 5.15 Å². The summed E-state index contributed by atoms with van der Waals surface area (Å²) in [5.41, 5.74) is 7.31. The molecule has 2 aromatic rings. The number of nitrogen functional groups attached to an aromatic ring is 1. The maximum Gasteiger partial charge on any atom is 0.147 e. The molecule has 0 fully saturated rings. The van der Waals surface area contributed by atoms with E-state index in [0.717, 1.165) is 10.6 Å². The van der Waals surface area contributed by atoms with Crippen LogP contribution in [0.25, 0.3) is 0 Å². The molecular weight excluding hydrogens is 244 g/mol. The van der Waals surface area contributed by atoms with Crippen LogP contribution in [-0.2, 0) is 5.75 Å². The average Bonchev–Trinajstić information content (AvgIpc) is 2.30. The highest BCUT2D eigenvalue weighted by molar-refractivity contribution is 7.98. The molecule has 2 rings (SSSR count). The number of halogens is 1. The van der Waals surface area contributed by atoms with E-state index in [-0.39, 0.29) is 0 Å². The van der Waals surface area contributed by atoms with E-state index < -0.39 is 0 Å². The second-order valence-corrected chi connectivity index (χ2v) is 4.44. The van der Waals surface area contributed by atoms with Crippen LogP contribution < -0.4 is 5.73 Å². The number of hydrogen-bond donors (Lipinski definition) is 1. The third-order valence-corrected chi connectivity index (χ3v) is 3.18. The fourth-order valence-corrected chi connectivity index (χ4v) is 2.02. The molecule has 0 atom stereocenters. The van der Waals surface area contributed by atoms with E-state index in [9.17, 15) is 0 Å². The van der Waals surface area contributed by atoms with Crippen LogP contribution in [0.1, 0.15) is 5.69 Å². The molecule has 2 N–H and O–H groups in total. The van der Waals surface area contributed by atoms with Gasteiger partial charge in [0, 0.05) is 16.8 Å². The monoisotopic (exact) mass is 252 g/mol. The van der Waals surface area contributed by atoms with Crippen molar-refractivity contribution in [1.29, 1.82) is 0 Å². The Morgan fingerprint density at radius 3 is 2.81 bits per heavy atom. The van der Waals surface area contributed by atoms with Gasteiger partial charge in [0.05, 0.1) is 30.0 Å².